The molecule has 0 fully saturated rings. The number of hydrogen-bond donors (Lipinski definition) is 1. The molecule has 1 aromatic heterocycles. The van der Waals surface area contributed by atoms with E-state index in [0.29, 0.717) is 29.9 Å². The molecule has 0 amide bonds. The fraction of sp³-hybridized carbons (Fsp3) is 0.300. The average Bonchev–Trinajstić information content (AvgIpc) is 3.19. The van der Waals surface area contributed by atoms with Crippen LogP contribution < -0.4 is 4.74 Å². The van der Waals surface area contributed by atoms with Gasteiger partial charge in [0.2, 0.25) is 10.0 Å². The molecule has 0 radical (unpaired) electrons. The van der Waals surface area contributed by atoms with Gasteiger partial charge in [-0.3, -0.25) is 10.1 Å². The van der Waals surface area contributed by atoms with E-state index in [1.165, 1.54) is 35.7 Å². The van der Waals surface area contributed by atoms with Gasteiger partial charge in [-0.15, -0.1) is 0 Å². The van der Waals surface area contributed by atoms with Crippen molar-refractivity contribution in [2.75, 3.05) is 20.2 Å². The van der Waals surface area contributed by atoms with Crippen LogP contribution in [0.4, 0.5) is 5.69 Å². The second kappa shape index (κ2) is 9.32. The lowest BCUT2D eigenvalue weighted by molar-refractivity contribution is -0.386. The Kier molecular flexibility index (Phi) is 6.75. The van der Waals surface area contributed by atoms with Crippen molar-refractivity contribution in [1.82, 2.24) is 14.3 Å². The summed E-state index contributed by atoms with van der Waals surface area (Å²) in [7, 11) is -2.45. The second-order valence-corrected chi connectivity index (χ2v) is 8.61. The first-order chi connectivity index (χ1) is 15.2. The highest BCUT2D eigenvalue weighted by atomic mass is 32.2. The molecule has 0 atom stereocenters. The smallest absolute Gasteiger partial charge is 0.338 e. The van der Waals surface area contributed by atoms with E-state index in [4.69, 9.17) is 4.74 Å². The van der Waals surface area contributed by atoms with E-state index in [1.807, 2.05) is 0 Å². The molecule has 0 aliphatic carbocycles. The number of carbonyl (C=O) groups is 1. The van der Waals surface area contributed by atoms with Gasteiger partial charge in [0.15, 0.2) is 5.75 Å². The van der Waals surface area contributed by atoms with Crippen molar-refractivity contribution in [1.29, 1.82) is 0 Å². The van der Waals surface area contributed by atoms with E-state index in [-0.39, 0.29) is 22.8 Å². The van der Waals surface area contributed by atoms with Gasteiger partial charge in [0.1, 0.15) is 12.4 Å². The lowest BCUT2D eigenvalue weighted by atomic mass is 10.2. The molecular weight excluding hydrogens is 440 g/mol. The summed E-state index contributed by atoms with van der Waals surface area (Å²) in [5, 5.41) is 11.4. The van der Waals surface area contributed by atoms with E-state index in [0.717, 1.165) is 6.07 Å². The first kappa shape index (κ1) is 23.2. The summed E-state index contributed by atoms with van der Waals surface area (Å²) in [5.41, 5.74) is 0.652. The molecule has 3 aromatic rings. The van der Waals surface area contributed by atoms with Crippen LogP contribution in [0, 0.1) is 10.1 Å². The van der Waals surface area contributed by atoms with Gasteiger partial charge >= 0.3 is 11.7 Å². The highest BCUT2D eigenvalue weighted by Crippen LogP contribution is 2.29. The van der Waals surface area contributed by atoms with Gasteiger partial charge in [0.05, 0.1) is 33.5 Å². The molecule has 0 spiro atoms. The normalized spacial score (nSPS) is 11.6. The Bertz CT molecular complexity index is 1270. The monoisotopic (exact) mass is 462 g/mol. The molecule has 0 saturated heterocycles. The third kappa shape index (κ3) is 4.55. The number of hydrogen-bond acceptors (Lipinski definition) is 8. The Morgan fingerprint density at radius 3 is 2.53 bits per heavy atom. The summed E-state index contributed by atoms with van der Waals surface area (Å²) in [5.74, 6) is -0.399. The van der Waals surface area contributed by atoms with Crippen LogP contribution in [0.3, 0.4) is 0 Å². The van der Waals surface area contributed by atoms with E-state index in [2.05, 4.69) is 14.7 Å². The summed E-state index contributed by atoms with van der Waals surface area (Å²) in [6.45, 7) is 4.11. The number of nitro groups is 1. The van der Waals surface area contributed by atoms with Crippen molar-refractivity contribution in [3.63, 3.8) is 0 Å². The topological polar surface area (TPSA) is 145 Å². The lowest BCUT2D eigenvalue weighted by Gasteiger charge is -2.18. The molecule has 2 aromatic carbocycles. The Labute approximate surface area is 184 Å². The van der Waals surface area contributed by atoms with Crippen LogP contribution in [-0.2, 0) is 21.4 Å². The number of benzene rings is 2. The maximum Gasteiger partial charge on any atom is 0.338 e. The third-order valence-corrected chi connectivity index (χ3v) is 6.83. The highest BCUT2D eigenvalue weighted by molar-refractivity contribution is 7.89. The summed E-state index contributed by atoms with van der Waals surface area (Å²) >= 11 is 0. The lowest BCUT2D eigenvalue weighted by Crippen LogP contribution is -2.30. The third-order valence-electron chi connectivity index (χ3n) is 4.79. The number of ether oxygens (including phenoxy) is 2. The minimum absolute atomic E-state index is 0.0252. The number of aromatic nitrogens is 2. The fourth-order valence-electron chi connectivity index (χ4n) is 3.16. The predicted octanol–water partition coefficient (Wildman–Crippen LogP) is 2.87. The molecule has 3 rings (SSSR count). The zero-order chi connectivity index (χ0) is 23.5. The number of rotatable bonds is 9. The van der Waals surface area contributed by atoms with Crippen LogP contribution in [0.15, 0.2) is 41.3 Å². The number of nitrogens with one attached hydrogen (secondary N) is 1. The Morgan fingerprint density at radius 1 is 1.19 bits per heavy atom. The van der Waals surface area contributed by atoms with Gasteiger partial charge in [-0.2, -0.15) is 4.31 Å². The van der Waals surface area contributed by atoms with Crippen molar-refractivity contribution in [3.05, 3.63) is 57.9 Å². The van der Waals surface area contributed by atoms with Crippen LogP contribution >= 0.6 is 0 Å². The fourth-order valence-corrected chi connectivity index (χ4v) is 4.64. The van der Waals surface area contributed by atoms with Crippen LogP contribution in [0.1, 0.15) is 30.0 Å². The van der Waals surface area contributed by atoms with Crippen LogP contribution in [0.2, 0.25) is 0 Å². The summed E-state index contributed by atoms with van der Waals surface area (Å²) in [4.78, 5) is 29.8. The van der Waals surface area contributed by atoms with Gasteiger partial charge < -0.3 is 14.5 Å². The number of fused-ring (bicyclic) bond motifs is 1. The molecule has 1 heterocycles. The number of H-pyrrole nitrogens is 1. The highest BCUT2D eigenvalue weighted by Gasteiger charge is 2.23. The Balaban J connectivity index is 1.85. The number of methoxy groups -OCH3 is 1. The summed E-state index contributed by atoms with van der Waals surface area (Å²) < 4.78 is 36.9. The number of esters is 1. The number of aromatic amines is 1. The molecule has 1 N–H and O–H groups in total. The number of carbonyl (C=O) groups excluding carboxylic acids is 1. The van der Waals surface area contributed by atoms with Crippen LogP contribution in [0.5, 0.6) is 5.75 Å². The number of nitrogens with zero attached hydrogens (tertiary/aromatic N) is 3. The first-order valence-corrected chi connectivity index (χ1v) is 11.1. The van der Waals surface area contributed by atoms with E-state index in [1.54, 1.807) is 19.9 Å². The first-order valence-electron chi connectivity index (χ1n) is 9.69. The molecule has 11 nitrogen and oxygen atoms in total. The Morgan fingerprint density at radius 2 is 1.91 bits per heavy atom. The Hall–Kier alpha value is -3.51. The van der Waals surface area contributed by atoms with E-state index < -0.39 is 26.6 Å². The molecule has 0 aliphatic rings. The standard InChI is InChI=1S/C20H22N4O7S/c1-4-23(5-2)32(28,29)14-7-8-15-16(11-14)22-19(21-15)12-31-18-9-6-13(20(25)30-3)10-17(18)24(26)27/h6-11H,4-5,12H2,1-3H3,(H,21,22). The maximum absolute atomic E-state index is 12.7. The van der Waals surface area contributed by atoms with Crippen molar-refractivity contribution < 1.29 is 27.6 Å². The number of nitro benzene ring substituents is 1. The average molecular weight is 462 g/mol. The molecule has 0 saturated carbocycles. The molecule has 0 unspecified atom stereocenters. The van der Waals surface area contributed by atoms with Crippen LogP contribution in [-0.4, -0.2) is 53.8 Å². The zero-order valence-corrected chi connectivity index (χ0v) is 18.5. The molecule has 32 heavy (non-hydrogen) atoms. The molecule has 0 aliphatic heterocycles. The van der Waals surface area contributed by atoms with Crippen molar-refractivity contribution in [3.8, 4) is 5.75 Å². The minimum atomic E-state index is -3.63. The van der Waals surface area contributed by atoms with Crippen molar-refractivity contribution >= 4 is 32.7 Å². The summed E-state index contributed by atoms with van der Waals surface area (Å²) in [6.07, 6.45) is 0. The zero-order valence-electron chi connectivity index (χ0n) is 17.7. The molecular formula is C20H22N4O7S. The van der Waals surface area contributed by atoms with Gasteiger partial charge in [0, 0.05) is 19.2 Å². The van der Waals surface area contributed by atoms with E-state index >= 15 is 0 Å². The van der Waals surface area contributed by atoms with Gasteiger partial charge in [-0.1, -0.05) is 13.8 Å². The quantitative estimate of drug-likeness (QED) is 0.290. The van der Waals surface area contributed by atoms with Gasteiger partial charge in [0.25, 0.3) is 0 Å². The predicted molar refractivity (Wildman–Crippen MR) is 115 cm³/mol. The SMILES string of the molecule is CCN(CC)S(=O)(=O)c1ccc2nc(COc3ccc(C(=O)OC)cc3[N+](=O)[O-])[nH]c2c1. The van der Waals surface area contributed by atoms with Gasteiger partial charge in [-0.05, 0) is 30.3 Å². The van der Waals surface area contributed by atoms with Crippen molar-refractivity contribution in [2.24, 2.45) is 0 Å². The van der Waals surface area contributed by atoms with Gasteiger partial charge in [-0.25, -0.2) is 18.2 Å². The minimum Gasteiger partial charge on any atom is -0.479 e. The number of imidazole rings is 1. The second-order valence-electron chi connectivity index (χ2n) is 6.67. The molecule has 0 bridgehead atoms. The van der Waals surface area contributed by atoms with E-state index in [9.17, 15) is 23.3 Å². The summed E-state index contributed by atoms with van der Waals surface area (Å²) in [6, 6.07) is 8.30. The molecule has 170 valence electrons. The van der Waals surface area contributed by atoms with Crippen LogP contribution in [0.25, 0.3) is 11.0 Å². The largest absolute Gasteiger partial charge is 0.479 e. The van der Waals surface area contributed by atoms with Crippen molar-refractivity contribution in [2.45, 2.75) is 25.3 Å². The number of sulfonamides is 1. The molecule has 12 heteroatoms. The maximum atomic E-state index is 12.7.